The molecule has 0 aromatic heterocycles. The molecule has 0 saturated carbocycles. The van der Waals surface area contributed by atoms with Gasteiger partial charge in [0, 0.05) is 6.92 Å². The first-order chi connectivity index (χ1) is 3.27. The summed E-state index contributed by atoms with van der Waals surface area (Å²) in [7, 11) is 0. The predicted octanol–water partition coefficient (Wildman–Crippen LogP) is -0.514. The summed E-state index contributed by atoms with van der Waals surface area (Å²) in [5, 5.41) is 7.79. The molecule has 0 bridgehead atoms. The van der Waals surface area contributed by atoms with Crippen LogP contribution in [0.1, 0.15) is 6.92 Å². The van der Waals surface area contributed by atoms with Gasteiger partial charge in [0.05, 0.1) is 0 Å². The number of hydrogen-bond acceptors (Lipinski definition) is 4. The molecule has 0 unspecified atom stereocenters. The third-order valence-corrected chi connectivity index (χ3v) is 0.340. The number of nitrogens with one attached hydrogen (secondary N) is 1. The summed E-state index contributed by atoms with van der Waals surface area (Å²) in [4.78, 5) is 9.83. The van der Waals surface area contributed by atoms with Crippen LogP contribution in [0.25, 0.3) is 0 Å². The van der Waals surface area contributed by atoms with E-state index in [0.717, 1.165) is 0 Å². The Bertz CT molecular complexity index is 63.2. The van der Waals surface area contributed by atoms with Crippen molar-refractivity contribution in [1.82, 2.24) is 5.48 Å². The van der Waals surface area contributed by atoms with E-state index in [1.807, 2.05) is 0 Å². The average Bonchev–Trinajstić information content (AvgIpc) is 1.61. The molecule has 0 heterocycles. The number of hydroxylamine groups is 1. The van der Waals surface area contributed by atoms with Gasteiger partial charge in [0.25, 0.3) is 0 Å². The molecular weight excluding hydrogens is 98.0 g/mol. The Balaban J connectivity index is 2.82. The highest BCUT2D eigenvalue weighted by atomic mass is 16.6. The highest BCUT2D eigenvalue weighted by molar-refractivity contribution is 5.65. The largest absolute Gasteiger partial charge is 0.448 e. The summed E-state index contributed by atoms with van der Waals surface area (Å²) < 4.78 is 4.19. The first kappa shape index (κ1) is 6.39. The minimum atomic E-state index is -0.415. The van der Waals surface area contributed by atoms with Crippen LogP contribution in [0.2, 0.25) is 0 Å². The fourth-order valence-electron chi connectivity index (χ4n) is 0.134. The first-order valence-corrected chi connectivity index (χ1v) is 1.77. The van der Waals surface area contributed by atoms with Crippen molar-refractivity contribution >= 4 is 5.97 Å². The summed E-state index contributed by atoms with van der Waals surface area (Å²) in [5.74, 6) is -0.415. The van der Waals surface area contributed by atoms with E-state index in [0.29, 0.717) is 0 Å². The number of rotatable bonds is 2. The lowest BCUT2D eigenvalue weighted by atomic mass is 10.8. The fourth-order valence-corrected chi connectivity index (χ4v) is 0.134. The zero-order valence-electron chi connectivity index (χ0n) is 3.97. The number of carbonyl (C=O) groups excluding carboxylic acids is 1. The Morgan fingerprint density at radius 2 is 2.57 bits per heavy atom. The maximum absolute atomic E-state index is 9.83. The lowest BCUT2D eigenvalue weighted by Crippen LogP contribution is -2.14. The Morgan fingerprint density at radius 1 is 2.00 bits per heavy atom. The highest BCUT2D eigenvalue weighted by Gasteiger charge is 1.85. The number of carbonyl (C=O) groups is 1. The minimum Gasteiger partial charge on any atom is -0.448 e. The van der Waals surface area contributed by atoms with Gasteiger partial charge in [-0.25, -0.2) is 0 Å². The first-order valence-electron chi connectivity index (χ1n) is 1.77. The molecule has 0 radical (unpaired) electrons. The smallest absolute Gasteiger partial charge is 0.304 e. The van der Waals surface area contributed by atoms with Crippen LogP contribution in [0.3, 0.4) is 0 Å². The lowest BCUT2D eigenvalue weighted by Gasteiger charge is -1.94. The molecular formula is C3H7NO3. The van der Waals surface area contributed by atoms with Crippen molar-refractivity contribution in [2.75, 3.05) is 6.73 Å². The maximum atomic E-state index is 9.83. The summed E-state index contributed by atoms with van der Waals surface area (Å²) in [6.07, 6.45) is 0. The molecule has 0 atom stereocenters. The van der Waals surface area contributed by atoms with Gasteiger partial charge in [-0.2, -0.15) is 5.48 Å². The average molecular weight is 105 g/mol. The Labute approximate surface area is 41.0 Å². The molecule has 4 heteroatoms. The topological polar surface area (TPSA) is 58.6 Å². The van der Waals surface area contributed by atoms with Gasteiger partial charge in [-0.1, -0.05) is 0 Å². The second-order valence-electron chi connectivity index (χ2n) is 0.938. The van der Waals surface area contributed by atoms with Gasteiger partial charge in [0.15, 0.2) is 6.73 Å². The van der Waals surface area contributed by atoms with E-state index in [1.54, 1.807) is 5.48 Å². The van der Waals surface area contributed by atoms with Crippen molar-refractivity contribution in [2.24, 2.45) is 0 Å². The van der Waals surface area contributed by atoms with Crippen LogP contribution in [-0.4, -0.2) is 17.9 Å². The zero-order chi connectivity index (χ0) is 5.70. The molecule has 0 saturated heterocycles. The molecule has 7 heavy (non-hydrogen) atoms. The molecule has 0 aliphatic carbocycles. The summed E-state index contributed by atoms with van der Waals surface area (Å²) in [6.45, 7) is 1.12. The second-order valence-corrected chi connectivity index (χ2v) is 0.938. The van der Waals surface area contributed by atoms with Crippen LogP contribution in [0, 0.1) is 0 Å². The van der Waals surface area contributed by atoms with Crippen LogP contribution in [-0.2, 0) is 9.53 Å². The quantitative estimate of drug-likeness (QED) is 0.282. The molecule has 2 N–H and O–H groups in total. The molecule has 42 valence electrons. The SMILES string of the molecule is CC(=O)OCNO. The van der Waals surface area contributed by atoms with E-state index in [1.165, 1.54) is 6.92 Å². The molecule has 0 aliphatic heterocycles. The summed E-state index contributed by atoms with van der Waals surface area (Å²) in [5.41, 5.74) is 1.66. The molecule has 0 aromatic rings. The van der Waals surface area contributed by atoms with E-state index in [2.05, 4.69) is 4.74 Å². The Kier molecular flexibility index (Phi) is 3.26. The van der Waals surface area contributed by atoms with Crippen LogP contribution in [0.15, 0.2) is 0 Å². The lowest BCUT2D eigenvalue weighted by molar-refractivity contribution is -0.144. The van der Waals surface area contributed by atoms with Gasteiger partial charge in [-0.15, -0.1) is 0 Å². The monoisotopic (exact) mass is 105 g/mol. The van der Waals surface area contributed by atoms with Crippen molar-refractivity contribution in [3.8, 4) is 0 Å². The Hall–Kier alpha value is -0.610. The van der Waals surface area contributed by atoms with Crippen molar-refractivity contribution < 1.29 is 14.7 Å². The van der Waals surface area contributed by atoms with Crippen LogP contribution >= 0.6 is 0 Å². The van der Waals surface area contributed by atoms with E-state index in [9.17, 15) is 4.79 Å². The maximum Gasteiger partial charge on any atom is 0.304 e. The molecule has 0 spiro atoms. The van der Waals surface area contributed by atoms with Crippen LogP contribution in [0.5, 0.6) is 0 Å². The van der Waals surface area contributed by atoms with E-state index in [-0.39, 0.29) is 6.73 Å². The van der Waals surface area contributed by atoms with E-state index < -0.39 is 5.97 Å². The second kappa shape index (κ2) is 3.58. The fraction of sp³-hybridized carbons (Fsp3) is 0.667. The normalized spacial score (nSPS) is 8.29. The molecule has 0 fully saturated rings. The van der Waals surface area contributed by atoms with Gasteiger partial charge < -0.3 is 9.94 Å². The van der Waals surface area contributed by atoms with Crippen molar-refractivity contribution in [3.05, 3.63) is 0 Å². The Morgan fingerprint density at radius 3 is 2.71 bits per heavy atom. The van der Waals surface area contributed by atoms with Gasteiger partial charge in [0.1, 0.15) is 0 Å². The van der Waals surface area contributed by atoms with Crippen molar-refractivity contribution in [1.29, 1.82) is 0 Å². The molecule has 0 aromatic carbocycles. The number of hydrogen-bond donors (Lipinski definition) is 2. The zero-order valence-corrected chi connectivity index (χ0v) is 3.97. The molecule has 0 aliphatic rings. The number of ether oxygens (including phenoxy) is 1. The molecule has 0 amide bonds. The van der Waals surface area contributed by atoms with Crippen molar-refractivity contribution in [3.63, 3.8) is 0 Å². The molecule has 4 nitrogen and oxygen atoms in total. The third kappa shape index (κ3) is 5.39. The summed E-state index contributed by atoms with van der Waals surface area (Å²) >= 11 is 0. The van der Waals surface area contributed by atoms with E-state index >= 15 is 0 Å². The van der Waals surface area contributed by atoms with Crippen molar-refractivity contribution in [2.45, 2.75) is 6.92 Å². The standard InChI is InChI=1S/C3H7NO3/c1-3(5)7-2-4-6/h4,6H,2H2,1H3. The van der Waals surface area contributed by atoms with Gasteiger partial charge >= 0.3 is 5.97 Å². The van der Waals surface area contributed by atoms with Crippen LogP contribution in [0.4, 0.5) is 0 Å². The van der Waals surface area contributed by atoms with Gasteiger partial charge in [-0.3, -0.25) is 4.79 Å². The van der Waals surface area contributed by atoms with Gasteiger partial charge in [-0.05, 0) is 0 Å². The highest BCUT2D eigenvalue weighted by Crippen LogP contribution is 1.67. The summed E-state index contributed by atoms with van der Waals surface area (Å²) in [6, 6.07) is 0. The van der Waals surface area contributed by atoms with Gasteiger partial charge in [0.2, 0.25) is 0 Å². The molecule has 0 rings (SSSR count). The van der Waals surface area contributed by atoms with E-state index in [4.69, 9.17) is 5.21 Å². The number of esters is 1. The predicted molar refractivity (Wildman–Crippen MR) is 21.6 cm³/mol. The third-order valence-electron chi connectivity index (χ3n) is 0.340. The minimum absolute atomic E-state index is 0.144. The van der Waals surface area contributed by atoms with Crippen LogP contribution < -0.4 is 5.48 Å².